The van der Waals surface area contributed by atoms with Crippen molar-refractivity contribution in [2.24, 2.45) is 5.92 Å². The van der Waals surface area contributed by atoms with Crippen LogP contribution in [0.15, 0.2) is 0 Å². The highest BCUT2D eigenvalue weighted by atomic mass is 16.5. The summed E-state index contributed by atoms with van der Waals surface area (Å²) in [6, 6.07) is 0.365. The summed E-state index contributed by atoms with van der Waals surface area (Å²) in [4.78, 5) is 15.2. The maximum atomic E-state index is 9.35. The number of ether oxygens (including phenoxy) is 1. The lowest BCUT2D eigenvalue weighted by molar-refractivity contribution is 0.208. The zero-order chi connectivity index (χ0) is 15.1. The van der Waals surface area contributed by atoms with Gasteiger partial charge in [0.1, 0.15) is 0 Å². The fourth-order valence-electron chi connectivity index (χ4n) is 2.38. The van der Waals surface area contributed by atoms with Gasteiger partial charge in [0, 0.05) is 26.2 Å². The molecule has 1 aliphatic heterocycles. The lowest BCUT2D eigenvalue weighted by Crippen LogP contribution is -2.38. The van der Waals surface area contributed by atoms with Gasteiger partial charge in [-0.3, -0.25) is 0 Å². The van der Waals surface area contributed by atoms with Gasteiger partial charge in [0.25, 0.3) is 0 Å². The van der Waals surface area contributed by atoms with Crippen LogP contribution in [-0.2, 0) is 0 Å². The molecule has 0 radical (unpaired) electrons. The molecule has 0 amide bonds. The van der Waals surface area contributed by atoms with Crippen molar-refractivity contribution in [1.82, 2.24) is 15.0 Å². The van der Waals surface area contributed by atoms with Crippen LogP contribution in [0.4, 0.5) is 11.9 Å². The second-order valence-electron chi connectivity index (χ2n) is 5.26. The molecule has 7 nitrogen and oxygen atoms in total. The van der Waals surface area contributed by atoms with Gasteiger partial charge in [0.05, 0.1) is 6.61 Å². The van der Waals surface area contributed by atoms with Gasteiger partial charge in [0.15, 0.2) is 0 Å². The molecule has 7 heteroatoms. The molecule has 1 aliphatic rings. The highest BCUT2D eigenvalue weighted by Crippen LogP contribution is 2.22. The van der Waals surface area contributed by atoms with Gasteiger partial charge in [-0.1, -0.05) is 6.92 Å². The van der Waals surface area contributed by atoms with Crippen LogP contribution in [-0.4, -0.2) is 52.9 Å². The minimum absolute atomic E-state index is 0.209. The Morgan fingerprint density at radius 1 is 1.33 bits per heavy atom. The zero-order valence-electron chi connectivity index (χ0n) is 12.9. The van der Waals surface area contributed by atoms with E-state index >= 15 is 0 Å². The summed E-state index contributed by atoms with van der Waals surface area (Å²) < 4.78 is 5.55. The second kappa shape index (κ2) is 7.97. The van der Waals surface area contributed by atoms with Gasteiger partial charge >= 0.3 is 6.01 Å². The molecule has 1 aromatic heterocycles. The number of piperidine rings is 1. The maximum absolute atomic E-state index is 9.35. The van der Waals surface area contributed by atoms with Gasteiger partial charge in [-0.05, 0) is 32.1 Å². The summed E-state index contributed by atoms with van der Waals surface area (Å²) in [7, 11) is 0. The third-order valence-corrected chi connectivity index (χ3v) is 3.43. The highest BCUT2D eigenvalue weighted by Gasteiger charge is 2.22. The summed E-state index contributed by atoms with van der Waals surface area (Å²) in [5.74, 6) is 1.46. The van der Waals surface area contributed by atoms with E-state index in [2.05, 4.69) is 25.2 Å². The first kappa shape index (κ1) is 15.8. The Balaban J connectivity index is 2.17. The summed E-state index contributed by atoms with van der Waals surface area (Å²) in [6.07, 6.45) is 3.00. The maximum Gasteiger partial charge on any atom is 0.323 e. The Morgan fingerprint density at radius 3 is 2.90 bits per heavy atom. The Labute approximate surface area is 125 Å². The monoisotopic (exact) mass is 295 g/mol. The van der Waals surface area contributed by atoms with Crippen molar-refractivity contribution in [3.8, 4) is 6.01 Å². The van der Waals surface area contributed by atoms with E-state index in [0.717, 1.165) is 38.9 Å². The van der Waals surface area contributed by atoms with Crippen molar-refractivity contribution < 1.29 is 9.84 Å². The first-order valence-electron chi connectivity index (χ1n) is 7.75. The molecular formula is C14H25N5O2. The van der Waals surface area contributed by atoms with Crippen LogP contribution >= 0.6 is 0 Å². The van der Waals surface area contributed by atoms with E-state index in [4.69, 9.17) is 4.74 Å². The molecule has 1 fully saturated rings. The lowest BCUT2D eigenvalue weighted by atomic mass is 9.99. The molecule has 0 spiro atoms. The van der Waals surface area contributed by atoms with Crippen LogP contribution in [0, 0.1) is 5.92 Å². The average molecular weight is 295 g/mol. The zero-order valence-corrected chi connectivity index (χ0v) is 12.9. The number of aliphatic hydroxyl groups is 1. The molecule has 1 unspecified atom stereocenters. The number of anilines is 2. The fourth-order valence-corrected chi connectivity index (χ4v) is 2.38. The molecule has 1 saturated heterocycles. The first-order valence-corrected chi connectivity index (χ1v) is 7.75. The summed E-state index contributed by atoms with van der Waals surface area (Å²) in [5.41, 5.74) is 0. The van der Waals surface area contributed by atoms with Gasteiger partial charge in [0.2, 0.25) is 11.9 Å². The standard InChI is InChI=1S/C14H25N5O2/c1-3-8-21-14-17-12(15-4-2)16-13(18-14)19-7-5-6-11(9-19)10-20/h11,20H,3-10H2,1-2H3,(H,15,16,17,18). The molecule has 21 heavy (non-hydrogen) atoms. The van der Waals surface area contributed by atoms with E-state index in [9.17, 15) is 5.11 Å². The van der Waals surface area contributed by atoms with Crippen molar-refractivity contribution in [2.45, 2.75) is 33.1 Å². The minimum Gasteiger partial charge on any atom is -0.463 e. The Kier molecular flexibility index (Phi) is 5.98. The number of aromatic nitrogens is 3. The van der Waals surface area contributed by atoms with Crippen LogP contribution in [0.3, 0.4) is 0 Å². The number of hydrogen-bond donors (Lipinski definition) is 2. The molecule has 2 rings (SSSR count). The molecule has 2 N–H and O–H groups in total. The van der Waals surface area contributed by atoms with Crippen molar-refractivity contribution in [3.63, 3.8) is 0 Å². The Morgan fingerprint density at radius 2 is 2.19 bits per heavy atom. The number of rotatable bonds is 7. The smallest absolute Gasteiger partial charge is 0.323 e. The molecule has 0 bridgehead atoms. The molecular weight excluding hydrogens is 270 g/mol. The van der Waals surface area contributed by atoms with Crippen LogP contribution < -0.4 is 15.0 Å². The third kappa shape index (κ3) is 4.42. The van der Waals surface area contributed by atoms with Crippen molar-refractivity contribution >= 4 is 11.9 Å². The fraction of sp³-hybridized carbons (Fsp3) is 0.786. The van der Waals surface area contributed by atoms with Gasteiger partial charge in [-0.15, -0.1) is 0 Å². The van der Waals surface area contributed by atoms with E-state index in [0.29, 0.717) is 24.5 Å². The van der Waals surface area contributed by atoms with Gasteiger partial charge in [-0.2, -0.15) is 15.0 Å². The quantitative estimate of drug-likeness (QED) is 0.784. The predicted molar refractivity (Wildman–Crippen MR) is 81.8 cm³/mol. The number of nitrogens with zero attached hydrogens (tertiary/aromatic N) is 4. The summed E-state index contributed by atoms with van der Waals surface area (Å²) in [5, 5.41) is 12.5. The average Bonchev–Trinajstić information content (AvgIpc) is 2.53. The first-order chi connectivity index (χ1) is 10.3. The largest absolute Gasteiger partial charge is 0.463 e. The number of hydrogen-bond acceptors (Lipinski definition) is 7. The molecule has 0 aromatic carbocycles. The number of aliphatic hydroxyl groups excluding tert-OH is 1. The van der Waals surface area contributed by atoms with Crippen LogP contribution in [0.1, 0.15) is 33.1 Å². The number of nitrogens with one attached hydrogen (secondary N) is 1. The Hall–Kier alpha value is -1.63. The molecule has 1 aromatic rings. The van der Waals surface area contributed by atoms with E-state index in [1.807, 2.05) is 13.8 Å². The second-order valence-corrected chi connectivity index (χ2v) is 5.26. The van der Waals surface area contributed by atoms with Crippen molar-refractivity contribution in [2.75, 3.05) is 43.1 Å². The van der Waals surface area contributed by atoms with Crippen LogP contribution in [0.2, 0.25) is 0 Å². The topological polar surface area (TPSA) is 83.4 Å². The Bertz CT molecular complexity index is 443. The molecule has 1 atom stereocenters. The van der Waals surface area contributed by atoms with E-state index in [-0.39, 0.29) is 12.5 Å². The van der Waals surface area contributed by atoms with Gasteiger partial charge in [-0.25, -0.2) is 0 Å². The van der Waals surface area contributed by atoms with E-state index < -0.39 is 0 Å². The lowest BCUT2D eigenvalue weighted by Gasteiger charge is -2.31. The van der Waals surface area contributed by atoms with E-state index in [1.165, 1.54) is 0 Å². The molecule has 0 aliphatic carbocycles. The predicted octanol–water partition coefficient (Wildman–Crippen LogP) is 1.30. The third-order valence-electron chi connectivity index (χ3n) is 3.43. The van der Waals surface area contributed by atoms with E-state index in [1.54, 1.807) is 0 Å². The normalized spacial score (nSPS) is 18.6. The molecule has 118 valence electrons. The highest BCUT2D eigenvalue weighted by molar-refractivity contribution is 5.38. The summed E-state index contributed by atoms with van der Waals surface area (Å²) >= 11 is 0. The van der Waals surface area contributed by atoms with Gasteiger partial charge < -0.3 is 20.1 Å². The van der Waals surface area contributed by atoms with Crippen molar-refractivity contribution in [3.05, 3.63) is 0 Å². The van der Waals surface area contributed by atoms with Crippen molar-refractivity contribution in [1.29, 1.82) is 0 Å². The van der Waals surface area contributed by atoms with Crippen LogP contribution in [0.25, 0.3) is 0 Å². The SMILES string of the molecule is CCCOc1nc(NCC)nc(N2CCCC(CO)C2)n1. The molecule has 2 heterocycles. The summed E-state index contributed by atoms with van der Waals surface area (Å²) in [6.45, 7) is 7.27. The van der Waals surface area contributed by atoms with Crippen LogP contribution in [0.5, 0.6) is 6.01 Å². The minimum atomic E-state index is 0.209. The molecule has 0 saturated carbocycles.